The zero-order valence-electron chi connectivity index (χ0n) is 21.5. The molecule has 16 atom stereocenters. The fourth-order valence-electron chi connectivity index (χ4n) is 5.68. The molecule has 0 aromatic heterocycles. The van der Waals surface area contributed by atoms with E-state index in [1.54, 1.807) is 12.4 Å². The summed E-state index contributed by atoms with van der Waals surface area (Å²) in [7, 11) is -3.94. The summed E-state index contributed by atoms with van der Waals surface area (Å²) in [5, 5.41) is 74.5. The van der Waals surface area contributed by atoms with E-state index in [0.29, 0.717) is 0 Å². The summed E-state index contributed by atoms with van der Waals surface area (Å²) >= 11 is 0. The number of likely N-dealkylation sites (N-methyl/N-ethyl adjacent to an activating group) is 1. The van der Waals surface area contributed by atoms with E-state index in [1.165, 1.54) is 0 Å². The van der Waals surface area contributed by atoms with Gasteiger partial charge >= 0.3 is 5.97 Å². The summed E-state index contributed by atoms with van der Waals surface area (Å²) in [5.41, 5.74) is 7.47. The van der Waals surface area contributed by atoms with E-state index in [4.69, 9.17) is 28.2 Å². The summed E-state index contributed by atoms with van der Waals surface area (Å²) < 4.78 is 45.0. The lowest BCUT2D eigenvalue weighted by Gasteiger charge is -2.46. The number of nitrogens with two attached hydrogens (primary N) is 1. The number of phosphoric ester groups is 1. The third kappa shape index (κ3) is 5.97. The minimum Gasteiger partial charge on any atom is -0.790 e. The van der Waals surface area contributed by atoms with Crippen LogP contribution in [0.15, 0.2) is 0 Å². The van der Waals surface area contributed by atoms with E-state index in [2.05, 4.69) is 11.5 Å². The molecule has 3 aliphatic heterocycles. The molecule has 19 nitrogen and oxygen atoms in total. The standard InChI is InChI=1S/C20H38N3O16P/c1-23-7-2-5(21)14(39-40(31,32)33)15(9(7)26)35-19-17-16(10(27)8(4-25)34-19)37-20(38-17)18(30)12(29)11(28)13(36-20)6(22)3-24/h5-19,23-30H,2-4,21-22H2,1H3,(H2,31,32,33)/p+1/t5-,6-,7+,8-,9-,10+,11+,12-,13?,14+,15+,16+,17+,18+,19+,20?/m1/s1. The van der Waals surface area contributed by atoms with Crippen molar-refractivity contribution >= 4 is 7.82 Å². The molecule has 3 saturated heterocycles. The van der Waals surface area contributed by atoms with Crippen LogP contribution in [-0.2, 0) is 32.8 Å². The van der Waals surface area contributed by atoms with Crippen LogP contribution in [0.2, 0.25) is 0 Å². The molecule has 20 heteroatoms. The summed E-state index contributed by atoms with van der Waals surface area (Å²) in [6.07, 6.45) is -19.2. The molecule has 234 valence electrons. The summed E-state index contributed by atoms with van der Waals surface area (Å²) in [6.45, 7) is -1.37. The molecule has 0 radical (unpaired) electrons. The molecule has 15 N–H and O–H groups in total. The van der Waals surface area contributed by atoms with Crippen LogP contribution in [-0.4, -0.2) is 154 Å². The monoisotopic (exact) mass is 608 g/mol. The fraction of sp³-hybridized carbons (Fsp3) is 1.00. The molecular weight excluding hydrogens is 569 g/mol. The van der Waals surface area contributed by atoms with Gasteiger partial charge in [0.15, 0.2) is 12.4 Å². The highest BCUT2D eigenvalue weighted by molar-refractivity contribution is 7.43. The number of phosphoric acid groups is 1. The van der Waals surface area contributed by atoms with Crippen molar-refractivity contribution in [3.05, 3.63) is 0 Å². The first kappa shape index (κ1) is 32.4. The van der Waals surface area contributed by atoms with Crippen LogP contribution in [0.5, 0.6) is 0 Å². The number of fused-ring (bicyclic) bond motifs is 1. The average Bonchev–Trinajstić information content (AvgIpc) is 3.30. The Kier molecular flexibility index (Phi) is 9.93. The molecule has 1 saturated carbocycles. The zero-order valence-corrected chi connectivity index (χ0v) is 22.4. The molecule has 0 aromatic rings. The lowest BCUT2D eigenvalue weighted by molar-refractivity contribution is -0.683. The Morgan fingerprint density at radius 2 is 1.68 bits per heavy atom. The van der Waals surface area contributed by atoms with Crippen LogP contribution in [0.4, 0.5) is 0 Å². The second-order valence-corrected chi connectivity index (χ2v) is 11.6. The predicted molar refractivity (Wildman–Crippen MR) is 117 cm³/mol. The quantitative estimate of drug-likeness (QED) is 0.114. The Balaban J connectivity index is 1.66. The highest BCUT2D eigenvalue weighted by Crippen LogP contribution is 2.45. The van der Waals surface area contributed by atoms with Gasteiger partial charge in [-0.3, -0.25) is 0 Å². The Hall–Kier alpha value is -0.490. The van der Waals surface area contributed by atoms with Gasteiger partial charge in [-0.25, -0.2) is 0 Å². The molecule has 4 aliphatic rings. The Morgan fingerprint density at radius 3 is 2.25 bits per heavy atom. The summed E-state index contributed by atoms with van der Waals surface area (Å²) in [6, 6.07) is -2.43. The fourth-order valence-corrected chi connectivity index (χ4v) is 6.27. The van der Waals surface area contributed by atoms with Crippen LogP contribution < -0.4 is 26.6 Å². The van der Waals surface area contributed by atoms with E-state index < -0.39 is 119 Å². The van der Waals surface area contributed by atoms with E-state index >= 15 is 0 Å². The highest BCUT2D eigenvalue weighted by atomic mass is 31.2. The second kappa shape index (κ2) is 12.2. The van der Waals surface area contributed by atoms with Crippen molar-refractivity contribution in [3.63, 3.8) is 0 Å². The van der Waals surface area contributed by atoms with Gasteiger partial charge in [-0.05, 0) is 0 Å². The third-order valence-electron chi connectivity index (χ3n) is 7.88. The van der Waals surface area contributed by atoms with Crippen molar-refractivity contribution in [2.75, 3.05) is 20.3 Å². The van der Waals surface area contributed by atoms with Crippen molar-refractivity contribution in [1.29, 1.82) is 0 Å². The lowest BCUT2D eigenvalue weighted by atomic mass is 9.84. The average molecular weight is 609 g/mol. The maximum Gasteiger partial charge on any atom is 0.314 e. The molecule has 2 unspecified atom stereocenters. The van der Waals surface area contributed by atoms with Gasteiger partial charge in [0, 0.05) is 0 Å². The molecule has 4 rings (SSSR count). The van der Waals surface area contributed by atoms with Gasteiger partial charge in [0.05, 0.1) is 34.5 Å². The van der Waals surface area contributed by atoms with Gasteiger partial charge in [0.25, 0.3) is 0 Å². The van der Waals surface area contributed by atoms with Crippen molar-refractivity contribution in [2.24, 2.45) is 0 Å². The molecule has 1 aliphatic carbocycles. The molecule has 40 heavy (non-hydrogen) atoms. The normalized spacial score (nSPS) is 50.6. The summed E-state index contributed by atoms with van der Waals surface area (Å²) in [5.74, 6) is -2.55. The van der Waals surface area contributed by atoms with Crippen molar-refractivity contribution < 1.29 is 95.1 Å². The predicted octanol–water partition coefficient (Wildman–Crippen LogP) is -10.9. The van der Waals surface area contributed by atoms with Crippen LogP contribution in [0.3, 0.4) is 0 Å². The molecule has 0 aromatic carbocycles. The van der Waals surface area contributed by atoms with Crippen LogP contribution >= 0.6 is 7.82 Å². The van der Waals surface area contributed by atoms with Gasteiger partial charge in [0.1, 0.15) is 79.2 Å². The largest absolute Gasteiger partial charge is 0.790 e. The van der Waals surface area contributed by atoms with Crippen molar-refractivity contribution in [1.82, 2.24) is 0 Å². The smallest absolute Gasteiger partial charge is 0.314 e. The first-order chi connectivity index (χ1) is 18.7. The number of rotatable bonds is 8. The number of hydrogen-bond donors (Lipinski definition) is 10. The van der Waals surface area contributed by atoms with Gasteiger partial charge < -0.3 is 95.1 Å². The van der Waals surface area contributed by atoms with Gasteiger partial charge in [-0.2, -0.15) is 0 Å². The maximum absolute atomic E-state index is 11.5. The van der Waals surface area contributed by atoms with Crippen LogP contribution in [0, 0.1) is 0 Å². The van der Waals surface area contributed by atoms with Crippen molar-refractivity contribution in [3.8, 4) is 0 Å². The first-order valence-electron chi connectivity index (χ1n) is 12.8. The van der Waals surface area contributed by atoms with E-state index in [0.717, 1.165) is 0 Å². The van der Waals surface area contributed by atoms with Crippen molar-refractivity contribution in [2.45, 2.75) is 104 Å². The van der Waals surface area contributed by atoms with E-state index in [9.17, 15) is 50.1 Å². The lowest BCUT2D eigenvalue weighted by Crippen LogP contribution is -2.94. The Morgan fingerprint density at radius 1 is 1.02 bits per heavy atom. The molecule has 1 spiro atoms. The number of hydrogen-bond acceptors (Lipinski definition) is 16. The topological polar surface area (TPSA) is 332 Å². The van der Waals surface area contributed by atoms with Gasteiger partial charge in [-0.1, -0.05) is 0 Å². The Bertz CT molecular complexity index is 919. The van der Waals surface area contributed by atoms with E-state index in [-0.39, 0.29) is 6.42 Å². The molecule has 0 amide bonds. The molecule has 3 heterocycles. The minimum atomic E-state index is -5.58. The third-order valence-corrected chi connectivity index (χ3v) is 8.38. The zero-order chi connectivity index (χ0) is 29.7. The highest BCUT2D eigenvalue weighted by Gasteiger charge is 2.68. The van der Waals surface area contributed by atoms with E-state index in [1.807, 2.05) is 0 Å². The number of ether oxygens (including phenoxy) is 5. The molecular formula is C20H39N3O16P+. The number of quaternary nitrogens is 3. The molecule has 4 fully saturated rings. The Labute approximate surface area is 227 Å². The molecule has 0 bridgehead atoms. The maximum atomic E-state index is 11.5. The number of aliphatic hydroxyl groups excluding tert-OH is 7. The SMILES string of the molecule is C[NH2+][C@H]1C[C@@H]([NH3+])[C@H](OP(=O)([O-])[O-])[C@@H](O[C@@H]2O[C@H](CO)[C@H](O)[C@@H]3OC4(OC([C@H]([NH3+])CO)[C@@H](O)[C@@H](O)[C@@H]4O)O[C@H]23)[C@@H]1O. The number of aliphatic hydroxyl groups is 7. The van der Waals surface area contributed by atoms with Gasteiger partial charge in [0.2, 0.25) is 0 Å². The van der Waals surface area contributed by atoms with Crippen LogP contribution in [0.25, 0.3) is 0 Å². The van der Waals surface area contributed by atoms with Gasteiger partial charge in [-0.15, -0.1) is 0 Å². The minimum absolute atomic E-state index is 0.152. The van der Waals surface area contributed by atoms with Crippen LogP contribution in [0.1, 0.15) is 6.42 Å². The first-order valence-corrected chi connectivity index (χ1v) is 14.3. The second-order valence-electron chi connectivity index (χ2n) is 10.5. The summed E-state index contributed by atoms with van der Waals surface area (Å²) in [4.78, 5) is 23.0.